The molecule has 2 aliphatic heterocycles. The van der Waals surface area contributed by atoms with Crippen molar-refractivity contribution in [3.63, 3.8) is 0 Å². The Morgan fingerprint density at radius 3 is 2.51 bits per heavy atom. The van der Waals surface area contributed by atoms with Crippen LogP contribution in [0.2, 0.25) is 10.0 Å². The second-order valence-electron chi connectivity index (χ2n) is 9.83. The van der Waals surface area contributed by atoms with Crippen molar-refractivity contribution in [2.24, 2.45) is 0 Å². The van der Waals surface area contributed by atoms with Crippen LogP contribution in [0.3, 0.4) is 0 Å². The summed E-state index contributed by atoms with van der Waals surface area (Å²) in [6.45, 7) is 4.11. The Hall–Kier alpha value is -3.87. The quantitative estimate of drug-likeness (QED) is 0.511. The Morgan fingerprint density at radius 1 is 1.15 bits per heavy atom. The maximum absolute atomic E-state index is 14.0. The molecule has 0 fully saturated rings. The number of hydrogen-bond donors (Lipinski definition) is 1. The lowest BCUT2D eigenvalue weighted by Crippen LogP contribution is -2.49. The van der Waals surface area contributed by atoms with Gasteiger partial charge in [0.2, 0.25) is 5.91 Å². The third kappa shape index (κ3) is 4.64. The molecule has 0 radical (unpaired) electrons. The number of nitrogens with zero attached hydrogens (tertiary/aromatic N) is 5. The number of benzene rings is 2. The lowest BCUT2D eigenvalue weighted by molar-refractivity contribution is -0.125. The number of amides is 3. The van der Waals surface area contributed by atoms with Crippen LogP contribution in [-0.2, 0) is 17.8 Å². The van der Waals surface area contributed by atoms with Crippen molar-refractivity contribution in [3.05, 3.63) is 86.2 Å². The minimum absolute atomic E-state index is 0.134. The van der Waals surface area contributed by atoms with E-state index in [1.165, 1.54) is 10.7 Å². The molecule has 3 heterocycles. The largest absolute Gasteiger partial charge is 0.357 e. The van der Waals surface area contributed by atoms with Gasteiger partial charge < -0.3 is 15.1 Å². The lowest BCUT2D eigenvalue weighted by Gasteiger charge is -2.38. The van der Waals surface area contributed by atoms with Gasteiger partial charge in [-0.25, -0.2) is 4.68 Å². The summed E-state index contributed by atoms with van der Waals surface area (Å²) in [6, 6.07) is 12.6. The first-order valence-corrected chi connectivity index (χ1v) is 13.3. The average molecular weight is 565 g/mol. The van der Waals surface area contributed by atoms with Crippen LogP contribution in [0.5, 0.6) is 0 Å². The molecule has 3 atom stereocenters. The van der Waals surface area contributed by atoms with Gasteiger partial charge in [0.15, 0.2) is 0 Å². The Balaban J connectivity index is 1.53. The van der Waals surface area contributed by atoms with E-state index in [-0.39, 0.29) is 47.9 Å². The van der Waals surface area contributed by atoms with E-state index in [0.717, 1.165) is 5.56 Å². The van der Waals surface area contributed by atoms with Crippen molar-refractivity contribution in [3.8, 4) is 6.07 Å². The Labute approximate surface area is 235 Å². The highest BCUT2D eigenvalue weighted by Crippen LogP contribution is 2.36. The molecule has 11 heteroatoms. The highest BCUT2D eigenvalue weighted by atomic mass is 35.5. The zero-order chi connectivity index (χ0) is 28.0. The molecule has 39 heavy (non-hydrogen) atoms. The van der Waals surface area contributed by atoms with Gasteiger partial charge in [-0.05, 0) is 49.7 Å². The van der Waals surface area contributed by atoms with Crippen molar-refractivity contribution in [1.29, 1.82) is 5.26 Å². The van der Waals surface area contributed by atoms with E-state index < -0.39 is 6.04 Å². The second-order valence-corrected chi connectivity index (χ2v) is 10.6. The van der Waals surface area contributed by atoms with Gasteiger partial charge in [0, 0.05) is 30.6 Å². The van der Waals surface area contributed by atoms with Crippen molar-refractivity contribution >= 4 is 40.9 Å². The summed E-state index contributed by atoms with van der Waals surface area (Å²) in [5.74, 6) is -0.768. The number of carbonyl (C=O) groups excluding carboxylic acids is 3. The predicted octanol–water partition coefficient (Wildman–Crippen LogP) is 4.15. The molecule has 2 aromatic carbocycles. The molecule has 3 amide bonds. The average Bonchev–Trinajstić information content (AvgIpc) is 3.31. The van der Waals surface area contributed by atoms with E-state index in [2.05, 4.69) is 11.4 Å². The number of carbonyl (C=O) groups is 3. The number of fused-ring (bicyclic) bond motifs is 3. The summed E-state index contributed by atoms with van der Waals surface area (Å²) in [7, 11) is 1.55. The first-order valence-electron chi connectivity index (χ1n) is 12.5. The van der Waals surface area contributed by atoms with Crippen molar-refractivity contribution in [2.75, 3.05) is 13.6 Å². The monoisotopic (exact) mass is 564 g/mol. The predicted molar refractivity (Wildman–Crippen MR) is 145 cm³/mol. The number of likely N-dealkylation sites (N-methyl/N-ethyl adjacent to an activating group) is 1. The van der Waals surface area contributed by atoms with Gasteiger partial charge in [0.25, 0.3) is 11.8 Å². The van der Waals surface area contributed by atoms with Gasteiger partial charge in [-0.2, -0.15) is 10.4 Å². The van der Waals surface area contributed by atoms with Crippen molar-refractivity contribution in [2.45, 2.75) is 44.9 Å². The summed E-state index contributed by atoms with van der Waals surface area (Å²) in [5, 5.41) is 17.2. The van der Waals surface area contributed by atoms with Crippen LogP contribution in [0.25, 0.3) is 0 Å². The van der Waals surface area contributed by atoms with Crippen LogP contribution in [0.4, 0.5) is 0 Å². The fraction of sp³-hybridized carbons (Fsp3) is 0.321. The molecule has 3 aromatic rings. The molecule has 0 bridgehead atoms. The van der Waals surface area contributed by atoms with E-state index >= 15 is 0 Å². The molecular formula is C28H26Cl2N6O3. The zero-order valence-corrected chi connectivity index (χ0v) is 23.1. The lowest BCUT2D eigenvalue weighted by atomic mass is 9.96. The molecule has 1 N–H and O–H groups in total. The Morgan fingerprint density at radius 2 is 1.87 bits per heavy atom. The van der Waals surface area contributed by atoms with Crippen LogP contribution < -0.4 is 5.32 Å². The number of halogens is 2. The summed E-state index contributed by atoms with van der Waals surface area (Å²) in [5.41, 5.74) is 3.40. The smallest absolute Gasteiger partial charge is 0.273 e. The molecule has 0 saturated carbocycles. The summed E-state index contributed by atoms with van der Waals surface area (Å²) >= 11 is 12.2. The summed E-state index contributed by atoms with van der Waals surface area (Å²) in [6.07, 6.45) is 0.432. The van der Waals surface area contributed by atoms with Crippen molar-refractivity contribution < 1.29 is 14.4 Å². The van der Waals surface area contributed by atoms with E-state index in [1.807, 2.05) is 26.0 Å². The van der Waals surface area contributed by atoms with Gasteiger partial charge >= 0.3 is 0 Å². The number of rotatable bonds is 4. The normalized spacial score (nSPS) is 19.1. The number of hydrogen-bond acceptors (Lipinski definition) is 5. The first-order chi connectivity index (χ1) is 18.6. The molecule has 1 aromatic heterocycles. The molecule has 0 spiro atoms. The highest BCUT2D eigenvalue weighted by Gasteiger charge is 2.43. The Kier molecular flexibility index (Phi) is 7.10. The fourth-order valence-corrected chi connectivity index (χ4v) is 5.57. The third-order valence-electron chi connectivity index (χ3n) is 7.54. The summed E-state index contributed by atoms with van der Waals surface area (Å²) < 4.78 is 1.52. The highest BCUT2D eigenvalue weighted by molar-refractivity contribution is 6.42. The molecule has 200 valence electrons. The molecule has 5 rings (SSSR count). The molecule has 0 saturated heterocycles. The maximum Gasteiger partial charge on any atom is 0.273 e. The van der Waals surface area contributed by atoms with E-state index in [0.29, 0.717) is 39.5 Å². The van der Waals surface area contributed by atoms with Gasteiger partial charge in [-0.15, -0.1) is 0 Å². The van der Waals surface area contributed by atoms with Gasteiger partial charge in [-0.1, -0.05) is 35.3 Å². The summed E-state index contributed by atoms with van der Waals surface area (Å²) in [4.78, 5) is 43.8. The fourth-order valence-electron chi connectivity index (χ4n) is 5.27. The molecule has 2 aliphatic rings. The van der Waals surface area contributed by atoms with Crippen LogP contribution in [0, 0.1) is 11.3 Å². The molecular weight excluding hydrogens is 539 g/mol. The van der Waals surface area contributed by atoms with Crippen molar-refractivity contribution in [1.82, 2.24) is 24.9 Å². The van der Waals surface area contributed by atoms with Crippen LogP contribution in [-0.4, -0.2) is 56.9 Å². The molecule has 9 nitrogen and oxygen atoms in total. The SMILES string of the molecule is CNC(=O)[C@@H]1CN([C@H](C)c2ccc(C#N)cc2)C(=O)c2c3c(nn21)C[C@@H](C)N(C(=O)c1ccc(Cl)c(Cl)c1)C3. The Bertz CT molecular complexity index is 1530. The number of aromatic nitrogens is 2. The zero-order valence-electron chi connectivity index (χ0n) is 21.6. The topological polar surface area (TPSA) is 111 Å². The third-order valence-corrected chi connectivity index (χ3v) is 8.27. The van der Waals surface area contributed by atoms with Crippen LogP contribution in [0.15, 0.2) is 42.5 Å². The second kappa shape index (κ2) is 10.4. The number of nitriles is 1. The van der Waals surface area contributed by atoms with Crippen LogP contribution >= 0.6 is 23.2 Å². The maximum atomic E-state index is 14.0. The van der Waals surface area contributed by atoms with Gasteiger partial charge in [0.05, 0.1) is 46.5 Å². The van der Waals surface area contributed by atoms with E-state index in [4.69, 9.17) is 33.6 Å². The molecule has 0 aliphatic carbocycles. The van der Waals surface area contributed by atoms with Crippen LogP contribution in [0.1, 0.15) is 69.2 Å². The minimum atomic E-state index is -0.733. The minimum Gasteiger partial charge on any atom is -0.357 e. The van der Waals surface area contributed by atoms with E-state index in [1.54, 1.807) is 41.1 Å². The first kappa shape index (κ1) is 26.7. The van der Waals surface area contributed by atoms with Gasteiger partial charge in [-0.3, -0.25) is 14.4 Å². The standard InChI is InChI=1S/C28H26Cl2N6O3/c1-15-10-23-20(13-34(15)27(38)19-8-9-21(29)22(30)11-19)25-28(39)35(14-24(26(37)32-3)36(25)33-23)16(2)18-6-4-17(12-31)5-7-18/h4-9,11,15-16,24H,10,13-14H2,1-3H3,(H,32,37)/t15-,16-,24+/m1/s1. The van der Waals surface area contributed by atoms with Gasteiger partial charge in [0.1, 0.15) is 11.7 Å². The number of nitrogens with one attached hydrogen (secondary N) is 1. The van der Waals surface area contributed by atoms with E-state index in [9.17, 15) is 14.4 Å². The molecule has 0 unspecified atom stereocenters.